The van der Waals surface area contributed by atoms with E-state index >= 15 is 0 Å². The van der Waals surface area contributed by atoms with Crippen molar-refractivity contribution in [2.45, 2.75) is 51.7 Å². The smallest absolute Gasteiger partial charge is 0.343 e. The summed E-state index contributed by atoms with van der Waals surface area (Å²) < 4.78 is 11.3. The number of fused-ring (bicyclic) bond motifs is 3. The monoisotopic (exact) mass is 314 g/mol. The van der Waals surface area contributed by atoms with Gasteiger partial charge in [-0.1, -0.05) is 23.8 Å². The highest BCUT2D eigenvalue weighted by molar-refractivity contribution is 5.84. The topological polar surface area (TPSA) is 59.7 Å². The third-order valence-electron chi connectivity index (χ3n) is 4.40. The Labute approximate surface area is 135 Å². The molecular weight excluding hydrogens is 292 g/mol. The molecule has 0 amide bonds. The lowest BCUT2D eigenvalue weighted by atomic mass is 9.90. The Morgan fingerprint density at radius 2 is 2.13 bits per heavy atom. The van der Waals surface area contributed by atoms with E-state index in [4.69, 9.17) is 9.15 Å². The van der Waals surface area contributed by atoms with Crippen LogP contribution in [0.1, 0.15) is 39.2 Å². The Balaban J connectivity index is 1.89. The Morgan fingerprint density at radius 3 is 2.87 bits per heavy atom. The maximum atomic E-state index is 12.2. The molecule has 1 aromatic heterocycles. The van der Waals surface area contributed by atoms with Crippen LogP contribution in [0.25, 0.3) is 11.0 Å². The summed E-state index contributed by atoms with van der Waals surface area (Å²) in [5.74, 6) is 0.560. The molecule has 0 radical (unpaired) electrons. The van der Waals surface area contributed by atoms with Crippen LogP contribution in [0.3, 0.4) is 0 Å². The fourth-order valence-corrected chi connectivity index (χ4v) is 3.00. The summed E-state index contributed by atoms with van der Waals surface area (Å²) in [5.41, 5.74) is 0.889. The molecule has 0 saturated heterocycles. The van der Waals surface area contributed by atoms with Gasteiger partial charge in [-0.15, -0.1) is 0 Å². The van der Waals surface area contributed by atoms with Crippen molar-refractivity contribution in [3.8, 4) is 5.75 Å². The molecule has 122 valence electrons. The van der Waals surface area contributed by atoms with E-state index in [0.29, 0.717) is 29.7 Å². The first-order valence-electron chi connectivity index (χ1n) is 7.95. The molecule has 0 unspecified atom stereocenters. The molecule has 0 fully saturated rings. The van der Waals surface area contributed by atoms with Crippen LogP contribution in [-0.2, 0) is 6.42 Å². The van der Waals surface area contributed by atoms with Gasteiger partial charge in [0.15, 0.2) is 0 Å². The van der Waals surface area contributed by atoms with Crippen LogP contribution < -0.4 is 10.4 Å². The average molecular weight is 314 g/mol. The Morgan fingerprint density at radius 1 is 1.39 bits per heavy atom. The van der Waals surface area contributed by atoms with Gasteiger partial charge in [-0.2, -0.15) is 0 Å². The van der Waals surface area contributed by atoms with Crippen LogP contribution in [0, 0.1) is 0 Å². The molecule has 1 N–H and O–H groups in total. The molecule has 2 heterocycles. The molecule has 4 nitrogen and oxygen atoms in total. The zero-order valence-corrected chi connectivity index (χ0v) is 13.8. The van der Waals surface area contributed by atoms with E-state index in [9.17, 15) is 9.90 Å². The summed E-state index contributed by atoms with van der Waals surface area (Å²) in [7, 11) is 0. The summed E-state index contributed by atoms with van der Waals surface area (Å²) >= 11 is 0. The van der Waals surface area contributed by atoms with Crippen LogP contribution in [0.2, 0.25) is 0 Å². The molecule has 2 aromatic rings. The van der Waals surface area contributed by atoms with E-state index in [1.54, 1.807) is 13.0 Å². The summed E-state index contributed by atoms with van der Waals surface area (Å²) in [4.78, 5) is 12.2. The lowest BCUT2D eigenvalue weighted by molar-refractivity contribution is -0.0429. The van der Waals surface area contributed by atoms with Gasteiger partial charge in [0.25, 0.3) is 0 Å². The molecule has 0 aliphatic carbocycles. The summed E-state index contributed by atoms with van der Waals surface area (Å²) in [6, 6.07) is 7.32. The number of allylic oxidation sites excluding steroid dienone is 2. The number of hydrogen-bond donors (Lipinski definition) is 1. The number of hydrogen-bond acceptors (Lipinski definition) is 4. The van der Waals surface area contributed by atoms with Crippen molar-refractivity contribution in [2.75, 3.05) is 0 Å². The second-order valence-corrected chi connectivity index (χ2v) is 6.68. The number of aliphatic hydroxyl groups is 1. The minimum atomic E-state index is -1.00. The molecule has 1 aliphatic rings. The third-order valence-corrected chi connectivity index (χ3v) is 4.40. The van der Waals surface area contributed by atoms with Gasteiger partial charge in [0.1, 0.15) is 17.4 Å². The molecule has 3 rings (SSSR count). The Hall–Kier alpha value is -2.07. The fourth-order valence-electron chi connectivity index (χ4n) is 3.00. The first kappa shape index (κ1) is 15.8. The molecule has 0 spiro atoms. The zero-order chi connectivity index (χ0) is 16.6. The van der Waals surface area contributed by atoms with Crippen LogP contribution in [0.4, 0.5) is 0 Å². The van der Waals surface area contributed by atoms with Crippen molar-refractivity contribution < 1.29 is 14.3 Å². The van der Waals surface area contributed by atoms with Crippen LogP contribution in [0.15, 0.2) is 45.1 Å². The van der Waals surface area contributed by atoms with Gasteiger partial charge < -0.3 is 14.3 Å². The molecule has 1 aliphatic heterocycles. The van der Waals surface area contributed by atoms with E-state index in [1.807, 2.05) is 32.0 Å². The minimum Gasteiger partial charge on any atom is -0.486 e. The molecule has 0 saturated carbocycles. The molecule has 0 bridgehead atoms. The van der Waals surface area contributed by atoms with Gasteiger partial charge >= 0.3 is 5.63 Å². The number of ether oxygens (including phenoxy) is 1. The Bertz CT molecular complexity index is 810. The van der Waals surface area contributed by atoms with E-state index in [2.05, 4.69) is 6.08 Å². The zero-order valence-electron chi connectivity index (χ0n) is 13.8. The molecule has 1 aromatic carbocycles. The van der Waals surface area contributed by atoms with Crippen molar-refractivity contribution >= 4 is 11.0 Å². The van der Waals surface area contributed by atoms with Crippen molar-refractivity contribution in [1.29, 1.82) is 0 Å². The highest BCUT2D eigenvalue weighted by atomic mass is 16.5. The molecule has 4 heteroatoms. The standard InChI is InChI=1S/C19H22O4/c1-12(2)7-6-10-19(3,21)16-11-14-17(23-16)13-8-4-5-9-15(13)22-18(14)20/h4-5,7-9,16,21H,6,10-11H2,1-3H3/t16-,19+/m0/s1. The molecular formula is C19H22O4. The average Bonchev–Trinajstić information content (AvgIpc) is 2.93. The predicted molar refractivity (Wildman–Crippen MR) is 89.9 cm³/mol. The number of benzene rings is 1. The van der Waals surface area contributed by atoms with Crippen molar-refractivity contribution in [3.63, 3.8) is 0 Å². The predicted octanol–water partition coefficient (Wildman–Crippen LogP) is 3.59. The van der Waals surface area contributed by atoms with Crippen molar-refractivity contribution in [1.82, 2.24) is 0 Å². The lowest BCUT2D eigenvalue weighted by Crippen LogP contribution is -2.42. The molecule has 23 heavy (non-hydrogen) atoms. The second kappa shape index (κ2) is 5.85. The minimum absolute atomic E-state index is 0.374. The van der Waals surface area contributed by atoms with Crippen LogP contribution in [-0.4, -0.2) is 16.8 Å². The summed E-state index contributed by atoms with van der Waals surface area (Å²) in [5, 5.41) is 11.6. The van der Waals surface area contributed by atoms with E-state index in [1.165, 1.54) is 5.57 Å². The van der Waals surface area contributed by atoms with Gasteiger partial charge in [-0.25, -0.2) is 4.79 Å². The van der Waals surface area contributed by atoms with Crippen molar-refractivity contribution in [2.24, 2.45) is 0 Å². The van der Waals surface area contributed by atoms with E-state index in [0.717, 1.165) is 11.8 Å². The fraction of sp³-hybridized carbons (Fsp3) is 0.421. The highest BCUT2D eigenvalue weighted by Gasteiger charge is 2.40. The normalized spacial score (nSPS) is 19.0. The first-order valence-corrected chi connectivity index (χ1v) is 7.95. The van der Waals surface area contributed by atoms with E-state index in [-0.39, 0.29) is 5.63 Å². The SMILES string of the molecule is CC(C)=CCC[C@@](C)(O)[C@@H]1Cc2c(c3ccccc3oc2=O)O1. The Kier molecular flexibility index (Phi) is 4.02. The first-order chi connectivity index (χ1) is 10.9. The quantitative estimate of drug-likeness (QED) is 0.692. The van der Waals surface area contributed by atoms with E-state index < -0.39 is 11.7 Å². The van der Waals surface area contributed by atoms with Gasteiger partial charge in [0.05, 0.1) is 16.6 Å². The van der Waals surface area contributed by atoms with Crippen molar-refractivity contribution in [3.05, 3.63) is 51.9 Å². The number of para-hydroxylation sites is 1. The summed E-state index contributed by atoms with van der Waals surface area (Å²) in [6.07, 6.45) is 3.41. The largest absolute Gasteiger partial charge is 0.486 e. The maximum absolute atomic E-state index is 12.2. The van der Waals surface area contributed by atoms with Gasteiger partial charge in [-0.05, 0) is 45.7 Å². The third kappa shape index (κ3) is 3.04. The lowest BCUT2D eigenvalue weighted by Gasteiger charge is -2.29. The van der Waals surface area contributed by atoms with Crippen LogP contribution in [0.5, 0.6) is 5.75 Å². The number of rotatable bonds is 4. The second-order valence-electron chi connectivity index (χ2n) is 6.68. The highest BCUT2D eigenvalue weighted by Crippen LogP contribution is 2.38. The van der Waals surface area contributed by atoms with Gasteiger partial charge in [-0.3, -0.25) is 0 Å². The summed E-state index contributed by atoms with van der Waals surface area (Å²) in [6.45, 7) is 5.84. The van der Waals surface area contributed by atoms with Gasteiger partial charge in [0.2, 0.25) is 0 Å². The molecule has 2 atom stereocenters. The maximum Gasteiger partial charge on any atom is 0.343 e. The van der Waals surface area contributed by atoms with Gasteiger partial charge in [0, 0.05) is 6.42 Å². The van der Waals surface area contributed by atoms with Crippen LogP contribution >= 0.6 is 0 Å².